The van der Waals surface area contributed by atoms with Crippen molar-refractivity contribution in [1.29, 1.82) is 0 Å². The molecule has 0 N–H and O–H groups in total. The number of fused-ring (bicyclic) bond motifs is 1. The third-order valence-corrected chi connectivity index (χ3v) is 5.30. The number of pyridine rings is 1. The number of hydrogen-bond donors (Lipinski definition) is 0. The fourth-order valence-electron chi connectivity index (χ4n) is 3.19. The molecule has 1 aliphatic heterocycles. The first-order chi connectivity index (χ1) is 12.6. The van der Waals surface area contributed by atoms with Crippen molar-refractivity contribution in [3.05, 3.63) is 69.8 Å². The Labute approximate surface area is 164 Å². The van der Waals surface area contributed by atoms with E-state index in [1.807, 2.05) is 36.4 Å². The maximum absolute atomic E-state index is 12.8. The first-order valence-corrected chi connectivity index (χ1v) is 9.53. The predicted octanol–water partition coefficient (Wildman–Crippen LogP) is 4.94. The van der Waals surface area contributed by atoms with Gasteiger partial charge in [-0.05, 0) is 30.3 Å². The predicted molar refractivity (Wildman–Crippen MR) is 106 cm³/mol. The summed E-state index contributed by atoms with van der Waals surface area (Å²) < 4.78 is 6.99. The lowest BCUT2D eigenvalue weighted by Crippen LogP contribution is -2.31. The van der Waals surface area contributed by atoms with Gasteiger partial charge in [-0.25, -0.2) is 0 Å². The molecule has 0 unspecified atom stereocenters. The van der Waals surface area contributed by atoms with Crippen molar-refractivity contribution in [2.75, 3.05) is 13.1 Å². The van der Waals surface area contributed by atoms with Crippen LogP contribution in [-0.4, -0.2) is 35.0 Å². The van der Waals surface area contributed by atoms with Crippen molar-refractivity contribution >= 4 is 44.3 Å². The molecule has 1 fully saturated rings. The molecule has 1 aromatic heterocycles. The van der Waals surface area contributed by atoms with Gasteiger partial charge in [0, 0.05) is 29.0 Å². The first kappa shape index (κ1) is 17.3. The third kappa shape index (κ3) is 3.41. The van der Waals surface area contributed by atoms with Crippen molar-refractivity contribution in [2.45, 2.75) is 12.5 Å². The monoisotopic (exact) mass is 430 g/mol. The number of carbonyl (C=O) groups is 1. The minimum Gasteiger partial charge on any atom is -0.486 e. The molecule has 1 atom stereocenters. The molecule has 2 aromatic carbocycles. The molecule has 2 heterocycles. The molecular weight excluding hydrogens is 416 g/mol. The number of hydrogen-bond acceptors (Lipinski definition) is 3. The van der Waals surface area contributed by atoms with Crippen LogP contribution in [0.3, 0.4) is 0 Å². The molecule has 3 aromatic rings. The number of carbonyl (C=O) groups excluding carboxylic acids is 1. The Kier molecular flexibility index (Phi) is 4.83. The third-order valence-electron chi connectivity index (χ3n) is 4.48. The zero-order valence-corrected chi connectivity index (χ0v) is 16.2. The van der Waals surface area contributed by atoms with Crippen molar-refractivity contribution in [2.24, 2.45) is 0 Å². The van der Waals surface area contributed by atoms with E-state index in [4.69, 9.17) is 16.3 Å². The maximum atomic E-state index is 12.8. The minimum absolute atomic E-state index is 0.0579. The van der Waals surface area contributed by atoms with Gasteiger partial charge in [0.1, 0.15) is 17.4 Å². The number of likely N-dealkylation sites (tertiary alicyclic amines) is 1. The van der Waals surface area contributed by atoms with Crippen molar-refractivity contribution in [3.8, 4) is 5.75 Å². The van der Waals surface area contributed by atoms with E-state index in [-0.39, 0.29) is 12.0 Å². The molecule has 1 aliphatic rings. The Bertz CT molecular complexity index is 974. The van der Waals surface area contributed by atoms with Crippen LogP contribution in [0.4, 0.5) is 0 Å². The van der Waals surface area contributed by atoms with E-state index < -0.39 is 0 Å². The zero-order valence-electron chi connectivity index (χ0n) is 13.9. The Morgan fingerprint density at radius 2 is 2.08 bits per heavy atom. The topological polar surface area (TPSA) is 42.4 Å². The van der Waals surface area contributed by atoms with E-state index in [1.165, 1.54) is 0 Å². The number of ether oxygens (including phenoxy) is 1. The molecule has 0 radical (unpaired) electrons. The summed E-state index contributed by atoms with van der Waals surface area (Å²) in [6, 6.07) is 15.1. The van der Waals surface area contributed by atoms with Crippen LogP contribution in [0.2, 0.25) is 5.02 Å². The molecule has 1 amide bonds. The van der Waals surface area contributed by atoms with Gasteiger partial charge in [0.15, 0.2) is 0 Å². The lowest BCUT2D eigenvalue weighted by atomic mass is 10.2. The fraction of sp³-hybridized carbons (Fsp3) is 0.200. The van der Waals surface area contributed by atoms with Gasteiger partial charge in [-0.1, -0.05) is 45.7 Å². The summed E-state index contributed by atoms with van der Waals surface area (Å²) in [4.78, 5) is 19.0. The summed E-state index contributed by atoms with van der Waals surface area (Å²) in [5.41, 5.74) is 1.35. The second-order valence-corrected chi connectivity index (χ2v) is 7.56. The molecule has 0 bridgehead atoms. The van der Waals surface area contributed by atoms with Crippen LogP contribution in [0.1, 0.15) is 16.8 Å². The molecule has 4 nitrogen and oxygen atoms in total. The van der Waals surface area contributed by atoms with E-state index in [1.54, 1.807) is 23.2 Å². The highest BCUT2D eigenvalue weighted by atomic mass is 79.9. The van der Waals surface area contributed by atoms with E-state index in [9.17, 15) is 4.79 Å². The number of halogens is 2. The highest BCUT2D eigenvalue weighted by Crippen LogP contribution is 2.28. The lowest BCUT2D eigenvalue weighted by molar-refractivity contribution is 0.0773. The summed E-state index contributed by atoms with van der Waals surface area (Å²) in [7, 11) is 0. The molecule has 0 aliphatic carbocycles. The number of para-hydroxylation sites is 1. The van der Waals surface area contributed by atoms with Gasteiger partial charge in [0.25, 0.3) is 5.91 Å². The van der Waals surface area contributed by atoms with Crippen molar-refractivity contribution in [1.82, 2.24) is 9.88 Å². The molecule has 0 saturated carbocycles. The minimum atomic E-state index is -0.0709. The van der Waals surface area contributed by atoms with Crippen LogP contribution in [-0.2, 0) is 0 Å². The van der Waals surface area contributed by atoms with Crippen LogP contribution in [0.5, 0.6) is 5.75 Å². The second-order valence-electron chi connectivity index (χ2n) is 6.24. The normalized spacial score (nSPS) is 16.8. The summed E-state index contributed by atoms with van der Waals surface area (Å²) in [5, 5.41) is 1.50. The van der Waals surface area contributed by atoms with Crippen molar-refractivity contribution in [3.63, 3.8) is 0 Å². The smallest absolute Gasteiger partial charge is 0.255 e. The van der Waals surface area contributed by atoms with E-state index in [0.717, 1.165) is 27.5 Å². The summed E-state index contributed by atoms with van der Waals surface area (Å²) in [6.07, 6.45) is 2.48. The van der Waals surface area contributed by atoms with E-state index in [0.29, 0.717) is 23.7 Å². The van der Waals surface area contributed by atoms with Crippen LogP contribution >= 0.6 is 27.5 Å². The zero-order chi connectivity index (χ0) is 18.1. The average molecular weight is 432 g/mol. The van der Waals surface area contributed by atoms with E-state index in [2.05, 4.69) is 20.9 Å². The summed E-state index contributed by atoms with van der Waals surface area (Å²) in [5.74, 6) is 0.682. The van der Waals surface area contributed by atoms with Gasteiger partial charge in [-0.3, -0.25) is 9.78 Å². The Hall–Kier alpha value is -2.11. The summed E-state index contributed by atoms with van der Waals surface area (Å²) in [6.45, 7) is 1.18. The number of amides is 1. The van der Waals surface area contributed by atoms with E-state index >= 15 is 0 Å². The van der Waals surface area contributed by atoms with Gasteiger partial charge in [-0.2, -0.15) is 0 Å². The highest BCUT2D eigenvalue weighted by Gasteiger charge is 2.29. The van der Waals surface area contributed by atoms with Gasteiger partial charge < -0.3 is 9.64 Å². The highest BCUT2D eigenvalue weighted by molar-refractivity contribution is 9.10. The molecule has 132 valence electrons. The maximum Gasteiger partial charge on any atom is 0.255 e. The number of rotatable bonds is 3. The molecule has 1 saturated heterocycles. The fourth-order valence-corrected chi connectivity index (χ4v) is 3.75. The molecule has 4 rings (SSSR count). The Balaban J connectivity index is 1.50. The standard InChI is InChI=1S/C20H16BrClN2O2/c21-14-6-7-17(22)16(11-14)20(25)24-10-8-15(12-24)26-18-5-1-3-13-4-2-9-23-19(13)18/h1-7,9,11,15H,8,10,12H2/t15-/m0/s1. The van der Waals surface area contributed by atoms with Gasteiger partial charge >= 0.3 is 0 Å². The van der Waals surface area contributed by atoms with Gasteiger partial charge in [-0.15, -0.1) is 0 Å². The lowest BCUT2D eigenvalue weighted by Gasteiger charge is -2.18. The van der Waals surface area contributed by atoms with Crippen LogP contribution in [0.25, 0.3) is 10.9 Å². The first-order valence-electron chi connectivity index (χ1n) is 8.36. The van der Waals surface area contributed by atoms with Crippen LogP contribution < -0.4 is 4.74 Å². The molecule has 26 heavy (non-hydrogen) atoms. The number of aromatic nitrogens is 1. The average Bonchev–Trinajstić information content (AvgIpc) is 3.12. The Morgan fingerprint density at radius 1 is 1.23 bits per heavy atom. The number of benzene rings is 2. The SMILES string of the molecule is O=C(c1cc(Br)ccc1Cl)N1CC[C@H](Oc2cccc3cccnc23)C1. The summed E-state index contributed by atoms with van der Waals surface area (Å²) >= 11 is 9.58. The quantitative estimate of drug-likeness (QED) is 0.589. The van der Waals surface area contributed by atoms with Gasteiger partial charge in [0.2, 0.25) is 0 Å². The second kappa shape index (κ2) is 7.25. The molecular formula is C20H16BrClN2O2. The molecule has 0 spiro atoms. The number of nitrogens with zero attached hydrogens (tertiary/aromatic N) is 2. The largest absolute Gasteiger partial charge is 0.486 e. The van der Waals surface area contributed by atoms with Crippen LogP contribution in [0.15, 0.2) is 59.2 Å². The van der Waals surface area contributed by atoms with Crippen LogP contribution in [0, 0.1) is 0 Å². The molecule has 6 heteroatoms. The van der Waals surface area contributed by atoms with Gasteiger partial charge in [0.05, 0.1) is 17.1 Å². The van der Waals surface area contributed by atoms with Crippen molar-refractivity contribution < 1.29 is 9.53 Å². The Morgan fingerprint density at radius 3 is 2.96 bits per heavy atom.